The molecule has 8 heteroatoms. The largest absolute Gasteiger partial charge is 0.497 e. The van der Waals surface area contributed by atoms with E-state index < -0.39 is 0 Å². The average Bonchev–Trinajstić information content (AvgIpc) is 3.13. The summed E-state index contributed by atoms with van der Waals surface area (Å²) in [5.41, 5.74) is 3.12. The Bertz CT molecular complexity index is 897. The summed E-state index contributed by atoms with van der Waals surface area (Å²) in [6, 6.07) is 15.7. The highest BCUT2D eigenvalue weighted by molar-refractivity contribution is 8.03. The molecule has 0 spiro atoms. The lowest BCUT2D eigenvalue weighted by Crippen LogP contribution is -2.13. The SMILES string of the molecule is COc1ccc(CSc2nnc(SCC(=O)Nc3cccc(C)c3)s2)cc1. The van der Waals surface area contributed by atoms with Crippen LogP contribution in [-0.4, -0.2) is 29.0 Å². The third kappa shape index (κ3) is 6.27. The van der Waals surface area contributed by atoms with Crippen molar-refractivity contribution in [2.75, 3.05) is 18.2 Å². The van der Waals surface area contributed by atoms with Crippen molar-refractivity contribution in [1.29, 1.82) is 0 Å². The molecular formula is C19H19N3O2S3. The number of aromatic nitrogens is 2. The minimum Gasteiger partial charge on any atom is -0.497 e. The molecule has 0 fully saturated rings. The van der Waals surface area contributed by atoms with E-state index in [1.165, 1.54) is 28.7 Å². The summed E-state index contributed by atoms with van der Waals surface area (Å²) >= 11 is 4.55. The lowest BCUT2D eigenvalue weighted by molar-refractivity contribution is -0.113. The number of nitrogens with one attached hydrogen (secondary N) is 1. The van der Waals surface area contributed by atoms with Crippen molar-refractivity contribution in [3.63, 3.8) is 0 Å². The molecule has 3 aromatic rings. The number of anilines is 1. The number of hydrogen-bond acceptors (Lipinski definition) is 7. The highest BCUT2D eigenvalue weighted by Crippen LogP contribution is 2.31. The molecule has 0 saturated heterocycles. The van der Waals surface area contributed by atoms with Gasteiger partial charge in [0.05, 0.1) is 12.9 Å². The van der Waals surface area contributed by atoms with Gasteiger partial charge in [0.2, 0.25) is 5.91 Å². The summed E-state index contributed by atoms with van der Waals surface area (Å²) in [6.07, 6.45) is 0. The molecule has 27 heavy (non-hydrogen) atoms. The van der Waals surface area contributed by atoms with E-state index in [1.807, 2.05) is 55.5 Å². The Kier molecular flexibility index (Phi) is 7.14. The number of methoxy groups -OCH3 is 1. The predicted molar refractivity (Wildman–Crippen MR) is 113 cm³/mol. The van der Waals surface area contributed by atoms with Gasteiger partial charge in [-0.1, -0.05) is 59.1 Å². The van der Waals surface area contributed by atoms with Gasteiger partial charge in [-0.2, -0.15) is 0 Å². The van der Waals surface area contributed by atoms with Crippen LogP contribution in [0.15, 0.2) is 57.2 Å². The van der Waals surface area contributed by atoms with Crippen molar-refractivity contribution in [1.82, 2.24) is 10.2 Å². The highest BCUT2D eigenvalue weighted by Gasteiger charge is 2.09. The Morgan fingerprint density at radius 2 is 1.85 bits per heavy atom. The number of amides is 1. The Morgan fingerprint density at radius 3 is 2.56 bits per heavy atom. The summed E-state index contributed by atoms with van der Waals surface area (Å²) < 4.78 is 6.86. The van der Waals surface area contributed by atoms with Gasteiger partial charge in [0.25, 0.3) is 0 Å². The summed E-state index contributed by atoms with van der Waals surface area (Å²) in [4.78, 5) is 12.1. The molecule has 0 bridgehead atoms. The van der Waals surface area contributed by atoms with Crippen LogP contribution in [0, 0.1) is 6.92 Å². The van der Waals surface area contributed by atoms with E-state index in [-0.39, 0.29) is 5.91 Å². The minimum atomic E-state index is -0.0479. The molecule has 1 aromatic heterocycles. The fraction of sp³-hybridized carbons (Fsp3) is 0.211. The number of carbonyl (C=O) groups excluding carboxylic acids is 1. The van der Waals surface area contributed by atoms with E-state index in [0.29, 0.717) is 5.75 Å². The number of nitrogens with zero attached hydrogens (tertiary/aromatic N) is 2. The van der Waals surface area contributed by atoms with Crippen molar-refractivity contribution < 1.29 is 9.53 Å². The molecule has 0 unspecified atom stereocenters. The zero-order valence-electron chi connectivity index (χ0n) is 15.0. The number of hydrogen-bond donors (Lipinski definition) is 1. The van der Waals surface area contributed by atoms with Gasteiger partial charge >= 0.3 is 0 Å². The molecule has 1 amide bonds. The average molecular weight is 418 g/mol. The van der Waals surface area contributed by atoms with Crippen molar-refractivity contribution in [2.45, 2.75) is 21.4 Å². The van der Waals surface area contributed by atoms with Crippen LogP contribution in [0.5, 0.6) is 5.75 Å². The summed E-state index contributed by atoms with van der Waals surface area (Å²) in [7, 11) is 1.66. The Labute approximate surface area is 170 Å². The van der Waals surface area contributed by atoms with Gasteiger partial charge in [0.15, 0.2) is 8.68 Å². The van der Waals surface area contributed by atoms with E-state index in [2.05, 4.69) is 15.5 Å². The van der Waals surface area contributed by atoms with Gasteiger partial charge in [0, 0.05) is 11.4 Å². The number of aryl methyl sites for hydroxylation is 1. The second-order valence-electron chi connectivity index (χ2n) is 5.68. The molecule has 1 heterocycles. The molecule has 0 radical (unpaired) electrons. The maximum Gasteiger partial charge on any atom is 0.234 e. The van der Waals surface area contributed by atoms with Crippen LogP contribution in [0.3, 0.4) is 0 Å². The lowest BCUT2D eigenvalue weighted by Gasteiger charge is -2.04. The zero-order valence-corrected chi connectivity index (χ0v) is 17.4. The summed E-state index contributed by atoms with van der Waals surface area (Å²) in [6.45, 7) is 2.00. The number of rotatable bonds is 8. The first kappa shape index (κ1) is 19.7. The minimum absolute atomic E-state index is 0.0479. The molecule has 5 nitrogen and oxygen atoms in total. The maximum atomic E-state index is 12.1. The number of benzene rings is 2. The first-order valence-corrected chi connectivity index (χ1v) is 11.0. The number of carbonyl (C=O) groups is 1. The first-order valence-electron chi connectivity index (χ1n) is 8.21. The molecule has 0 saturated carbocycles. The molecule has 2 aromatic carbocycles. The third-order valence-corrected chi connectivity index (χ3v) is 6.80. The molecule has 0 aliphatic rings. The van der Waals surface area contributed by atoms with Crippen molar-refractivity contribution >= 4 is 46.5 Å². The van der Waals surface area contributed by atoms with Gasteiger partial charge < -0.3 is 10.1 Å². The third-order valence-electron chi connectivity index (χ3n) is 3.54. The number of thioether (sulfide) groups is 2. The van der Waals surface area contributed by atoms with Crippen LogP contribution in [-0.2, 0) is 10.5 Å². The molecule has 0 aliphatic carbocycles. The van der Waals surface area contributed by atoms with Crippen LogP contribution in [0.1, 0.15) is 11.1 Å². The fourth-order valence-corrected chi connectivity index (χ4v) is 5.00. The predicted octanol–water partition coefficient (Wildman–Crippen LogP) is 4.88. The van der Waals surface area contributed by atoms with Gasteiger partial charge in [-0.25, -0.2) is 0 Å². The highest BCUT2D eigenvalue weighted by atomic mass is 32.2. The van der Waals surface area contributed by atoms with E-state index >= 15 is 0 Å². The molecule has 1 N–H and O–H groups in total. The maximum absolute atomic E-state index is 12.1. The van der Waals surface area contributed by atoms with Crippen molar-refractivity contribution in [3.8, 4) is 5.75 Å². The number of ether oxygens (including phenoxy) is 1. The molecule has 0 aliphatic heterocycles. The van der Waals surface area contributed by atoms with Crippen LogP contribution >= 0.6 is 34.9 Å². The van der Waals surface area contributed by atoms with E-state index in [0.717, 1.165) is 31.4 Å². The topological polar surface area (TPSA) is 64.1 Å². The normalized spacial score (nSPS) is 10.6. The van der Waals surface area contributed by atoms with Crippen LogP contribution in [0.4, 0.5) is 5.69 Å². The van der Waals surface area contributed by atoms with Gasteiger partial charge in [0.1, 0.15) is 5.75 Å². The van der Waals surface area contributed by atoms with Crippen LogP contribution in [0.2, 0.25) is 0 Å². The van der Waals surface area contributed by atoms with Gasteiger partial charge in [-0.15, -0.1) is 10.2 Å². The van der Waals surface area contributed by atoms with Crippen LogP contribution < -0.4 is 10.1 Å². The van der Waals surface area contributed by atoms with E-state index in [1.54, 1.807) is 18.9 Å². The fourth-order valence-electron chi connectivity index (χ4n) is 2.23. The zero-order chi connectivity index (χ0) is 19.1. The standard InChI is InChI=1S/C19H19N3O2S3/c1-13-4-3-5-15(10-13)20-17(23)12-26-19-22-21-18(27-19)25-11-14-6-8-16(24-2)9-7-14/h3-10H,11-12H2,1-2H3,(H,20,23). The van der Waals surface area contributed by atoms with Gasteiger partial charge in [-0.3, -0.25) is 4.79 Å². The van der Waals surface area contributed by atoms with Gasteiger partial charge in [-0.05, 0) is 42.3 Å². The first-order chi connectivity index (χ1) is 13.1. The molecule has 3 rings (SSSR count). The van der Waals surface area contributed by atoms with Crippen molar-refractivity contribution in [3.05, 3.63) is 59.7 Å². The van der Waals surface area contributed by atoms with Crippen molar-refractivity contribution in [2.24, 2.45) is 0 Å². The lowest BCUT2D eigenvalue weighted by atomic mass is 10.2. The second kappa shape index (κ2) is 9.77. The Balaban J connectivity index is 1.45. The monoisotopic (exact) mass is 417 g/mol. The Morgan fingerprint density at radius 1 is 1.11 bits per heavy atom. The van der Waals surface area contributed by atoms with Crippen LogP contribution in [0.25, 0.3) is 0 Å². The molecular weight excluding hydrogens is 398 g/mol. The smallest absolute Gasteiger partial charge is 0.234 e. The van der Waals surface area contributed by atoms with E-state index in [9.17, 15) is 4.79 Å². The summed E-state index contributed by atoms with van der Waals surface area (Å²) in [5, 5.41) is 11.2. The quantitative estimate of drug-likeness (QED) is 0.527. The van der Waals surface area contributed by atoms with E-state index in [4.69, 9.17) is 4.74 Å². The molecule has 140 valence electrons. The second-order valence-corrected chi connectivity index (χ2v) is 9.10. The molecule has 0 atom stereocenters. The summed E-state index contributed by atoms with van der Waals surface area (Å²) in [5.74, 6) is 1.93. The Hall–Kier alpha value is -2.03.